The van der Waals surface area contributed by atoms with E-state index in [1.807, 2.05) is 0 Å². The van der Waals surface area contributed by atoms with Crippen LogP contribution in [-0.4, -0.2) is 23.4 Å². The summed E-state index contributed by atoms with van der Waals surface area (Å²) in [4.78, 5) is 12.9. The quantitative estimate of drug-likeness (QED) is 0.659. The molecule has 2 unspecified atom stereocenters. The zero-order valence-electron chi connectivity index (χ0n) is 14.7. The third-order valence-corrected chi connectivity index (χ3v) is 7.79. The molecule has 1 aliphatic heterocycles. The first-order chi connectivity index (χ1) is 12.4. The van der Waals surface area contributed by atoms with Crippen LogP contribution < -0.4 is 14.8 Å². The van der Waals surface area contributed by atoms with E-state index >= 15 is 0 Å². The van der Waals surface area contributed by atoms with Crippen molar-refractivity contribution in [3.05, 3.63) is 17.2 Å². The lowest BCUT2D eigenvalue weighted by Gasteiger charge is -2.60. The van der Waals surface area contributed by atoms with E-state index in [2.05, 4.69) is 21.2 Å². The van der Waals surface area contributed by atoms with Crippen molar-refractivity contribution >= 4 is 39.1 Å². The predicted octanol–water partition coefficient (Wildman–Crippen LogP) is 5.17. The van der Waals surface area contributed by atoms with E-state index in [9.17, 15) is 4.79 Å². The van der Waals surface area contributed by atoms with Crippen molar-refractivity contribution in [1.29, 1.82) is 0 Å². The largest absolute Gasteiger partial charge is 0.486 e. The molecule has 4 bridgehead atoms. The van der Waals surface area contributed by atoms with Crippen molar-refractivity contribution < 1.29 is 14.3 Å². The molecule has 1 aromatic carbocycles. The number of carbonyl (C=O) groups excluding carboxylic acids is 1. The molecule has 0 radical (unpaired) electrons. The molecule has 1 heterocycles. The highest BCUT2D eigenvalue weighted by Gasteiger charge is 2.57. The molecule has 1 aromatic rings. The molecule has 2 atom stereocenters. The maximum Gasteiger partial charge on any atom is 0.224 e. The molecule has 4 nitrogen and oxygen atoms in total. The van der Waals surface area contributed by atoms with Crippen molar-refractivity contribution in [1.82, 2.24) is 0 Å². The van der Waals surface area contributed by atoms with Crippen LogP contribution in [0.15, 0.2) is 12.1 Å². The molecule has 1 N–H and O–H groups in total. The molecule has 0 saturated heterocycles. The SMILES string of the molecule is O=C(CC12CC3CC(CC(Br)(C3)C1)C2)Nc1cc2c(cc1Cl)OCCO2. The van der Waals surface area contributed by atoms with Crippen LogP contribution in [-0.2, 0) is 4.79 Å². The minimum absolute atomic E-state index is 0.0571. The topological polar surface area (TPSA) is 47.6 Å². The van der Waals surface area contributed by atoms with Gasteiger partial charge in [-0.15, -0.1) is 0 Å². The first-order valence-corrected chi connectivity index (χ1v) is 10.7. The molecule has 4 saturated carbocycles. The zero-order chi connectivity index (χ0) is 17.9. The Balaban J connectivity index is 1.32. The molecule has 0 aromatic heterocycles. The van der Waals surface area contributed by atoms with Gasteiger partial charge in [-0.05, 0) is 55.8 Å². The first-order valence-electron chi connectivity index (χ1n) is 9.50. The van der Waals surface area contributed by atoms with E-state index in [4.69, 9.17) is 21.1 Å². The summed E-state index contributed by atoms with van der Waals surface area (Å²) in [7, 11) is 0. The Morgan fingerprint density at radius 2 is 1.81 bits per heavy atom. The summed E-state index contributed by atoms with van der Waals surface area (Å²) in [6.45, 7) is 1.04. The van der Waals surface area contributed by atoms with Crippen LogP contribution in [0.25, 0.3) is 0 Å². The summed E-state index contributed by atoms with van der Waals surface area (Å²) in [6.07, 6.45) is 8.00. The van der Waals surface area contributed by atoms with Gasteiger partial charge < -0.3 is 14.8 Å². The summed E-state index contributed by atoms with van der Waals surface area (Å²) in [5, 5.41) is 3.52. The number of ether oxygens (including phenoxy) is 2. The molecule has 4 aliphatic carbocycles. The third-order valence-electron chi connectivity index (χ3n) is 6.55. The lowest BCUT2D eigenvalue weighted by atomic mass is 9.48. The highest BCUT2D eigenvalue weighted by Crippen LogP contribution is 2.65. The fourth-order valence-electron chi connectivity index (χ4n) is 6.24. The fourth-order valence-corrected chi connectivity index (χ4v) is 7.95. The number of halogens is 2. The number of carbonyl (C=O) groups is 1. The van der Waals surface area contributed by atoms with E-state index in [0.717, 1.165) is 18.3 Å². The zero-order valence-corrected chi connectivity index (χ0v) is 17.0. The van der Waals surface area contributed by atoms with Gasteiger partial charge in [-0.2, -0.15) is 0 Å². The van der Waals surface area contributed by atoms with Crippen LogP contribution >= 0.6 is 27.5 Å². The number of anilines is 1. The predicted molar refractivity (Wildman–Crippen MR) is 104 cm³/mol. The summed E-state index contributed by atoms with van der Waals surface area (Å²) >= 11 is 10.4. The number of amides is 1. The van der Waals surface area contributed by atoms with Crippen LogP contribution in [0, 0.1) is 17.3 Å². The Morgan fingerprint density at radius 1 is 1.15 bits per heavy atom. The average molecular weight is 441 g/mol. The maximum atomic E-state index is 12.9. The van der Waals surface area contributed by atoms with Gasteiger partial charge in [0.2, 0.25) is 5.91 Å². The first kappa shape index (κ1) is 17.2. The normalized spacial score (nSPS) is 36.8. The van der Waals surface area contributed by atoms with Crippen LogP contribution in [0.3, 0.4) is 0 Å². The third kappa shape index (κ3) is 3.01. The molecule has 6 rings (SSSR count). The van der Waals surface area contributed by atoms with Crippen LogP contribution in [0.4, 0.5) is 5.69 Å². The summed E-state index contributed by atoms with van der Waals surface area (Å²) < 4.78 is 11.4. The number of hydrogen-bond donors (Lipinski definition) is 1. The van der Waals surface area contributed by atoms with Crippen molar-refractivity contribution in [2.75, 3.05) is 18.5 Å². The Morgan fingerprint density at radius 3 is 2.46 bits per heavy atom. The van der Waals surface area contributed by atoms with Gasteiger partial charge in [0, 0.05) is 22.9 Å². The van der Waals surface area contributed by atoms with Gasteiger partial charge in [-0.1, -0.05) is 27.5 Å². The lowest BCUT2D eigenvalue weighted by Crippen LogP contribution is -2.53. The van der Waals surface area contributed by atoms with Gasteiger partial charge in [-0.25, -0.2) is 0 Å². The smallest absolute Gasteiger partial charge is 0.224 e. The Labute approximate surface area is 167 Å². The number of rotatable bonds is 3. The number of benzene rings is 1. The van der Waals surface area contributed by atoms with Gasteiger partial charge in [0.05, 0.1) is 10.7 Å². The number of fused-ring (bicyclic) bond motifs is 1. The highest BCUT2D eigenvalue weighted by molar-refractivity contribution is 9.10. The van der Waals surface area contributed by atoms with Crippen LogP contribution in [0.5, 0.6) is 11.5 Å². The van der Waals surface area contributed by atoms with Crippen molar-refractivity contribution in [2.45, 2.75) is 49.3 Å². The number of nitrogens with one attached hydrogen (secondary N) is 1. The van der Waals surface area contributed by atoms with E-state index < -0.39 is 0 Å². The second-order valence-electron chi connectivity index (χ2n) is 8.81. The average Bonchev–Trinajstić information content (AvgIpc) is 2.52. The van der Waals surface area contributed by atoms with Gasteiger partial charge in [-0.3, -0.25) is 4.79 Å². The monoisotopic (exact) mass is 439 g/mol. The molecule has 140 valence electrons. The van der Waals surface area contributed by atoms with E-state index in [1.165, 1.54) is 32.1 Å². The van der Waals surface area contributed by atoms with Gasteiger partial charge in [0.1, 0.15) is 13.2 Å². The molecule has 26 heavy (non-hydrogen) atoms. The van der Waals surface area contributed by atoms with E-state index in [1.54, 1.807) is 12.1 Å². The van der Waals surface area contributed by atoms with Crippen molar-refractivity contribution in [3.63, 3.8) is 0 Å². The fraction of sp³-hybridized carbons (Fsp3) is 0.650. The summed E-state index contributed by atoms with van der Waals surface area (Å²) in [5.74, 6) is 2.90. The van der Waals surface area contributed by atoms with Gasteiger partial charge in [0.15, 0.2) is 11.5 Å². The molecular weight excluding hydrogens is 418 g/mol. The molecule has 5 aliphatic rings. The molecule has 1 amide bonds. The van der Waals surface area contributed by atoms with Crippen LogP contribution in [0.1, 0.15) is 44.9 Å². The maximum absolute atomic E-state index is 12.9. The molecular formula is C20H23BrClNO3. The van der Waals surface area contributed by atoms with Crippen molar-refractivity contribution in [2.24, 2.45) is 17.3 Å². The van der Waals surface area contributed by atoms with Gasteiger partial charge >= 0.3 is 0 Å². The molecule has 4 fully saturated rings. The number of alkyl halides is 1. The summed E-state index contributed by atoms with van der Waals surface area (Å²) in [5.41, 5.74) is 0.761. The second-order valence-corrected chi connectivity index (χ2v) is 10.9. The Hall–Kier alpha value is -0.940. The van der Waals surface area contributed by atoms with Crippen LogP contribution in [0.2, 0.25) is 5.02 Å². The van der Waals surface area contributed by atoms with E-state index in [0.29, 0.717) is 41.8 Å². The highest BCUT2D eigenvalue weighted by atomic mass is 79.9. The minimum atomic E-state index is 0.0571. The van der Waals surface area contributed by atoms with E-state index in [-0.39, 0.29) is 15.6 Å². The Bertz CT molecular complexity index is 754. The van der Waals surface area contributed by atoms with Gasteiger partial charge in [0.25, 0.3) is 0 Å². The Kier molecular flexibility index (Phi) is 3.98. The second kappa shape index (κ2) is 6.03. The number of hydrogen-bond acceptors (Lipinski definition) is 3. The summed E-state index contributed by atoms with van der Waals surface area (Å²) in [6, 6.07) is 3.50. The lowest BCUT2D eigenvalue weighted by molar-refractivity contribution is -0.123. The van der Waals surface area contributed by atoms with Crippen molar-refractivity contribution in [3.8, 4) is 11.5 Å². The molecule has 0 spiro atoms. The minimum Gasteiger partial charge on any atom is -0.486 e. The standard InChI is InChI=1S/C20H23BrClNO3/c21-20-8-12-3-13(9-20)7-19(6-12,11-20)10-18(24)23-15-5-17-16(4-14(15)22)25-1-2-26-17/h4-5,12-13H,1-3,6-11H2,(H,23,24). The molecule has 6 heteroatoms.